The van der Waals surface area contributed by atoms with E-state index in [1.54, 1.807) is 32.9 Å². The lowest BCUT2D eigenvalue weighted by Gasteiger charge is -2.59. The van der Waals surface area contributed by atoms with Crippen LogP contribution in [0.3, 0.4) is 0 Å². The Morgan fingerprint density at radius 1 is 1.19 bits per heavy atom. The molecule has 0 aromatic heterocycles. The summed E-state index contributed by atoms with van der Waals surface area (Å²) >= 11 is 0. The van der Waals surface area contributed by atoms with Crippen LogP contribution in [0.2, 0.25) is 0 Å². The fraction of sp³-hybridized carbons (Fsp3) is 0.731. The maximum absolute atomic E-state index is 13.3. The molecule has 5 nitrogen and oxygen atoms in total. The highest BCUT2D eigenvalue weighted by atomic mass is 16.3. The van der Waals surface area contributed by atoms with Gasteiger partial charge in [0.25, 0.3) is 0 Å². The van der Waals surface area contributed by atoms with Gasteiger partial charge >= 0.3 is 0 Å². The second-order valence-electron chi connectivity index (χ2n) is 11.9. The molecule has 5 heteroatoms. The van der Waals surface area contributed by atoms with Crippen molar-refractivity contribution >= 4 is 17.3 Å². The fourth-order valence-corrected chi connectivity index (χ4v) is 7.35. The van der Waals surface area contributed by atoms with E-state index in [-0.39, 0.29) is 41.2 Å². The van der Waals surface area contributed by atoms with Crippen molar-refractivity contribution in [3.8, 4) is 0 Å². The van der Waals surface area contributed by atoms with Crippen molar-refractivity contribution in [2.45, 2.75) is 84.8 Å². The van der Waals surface area contributed by atoms with Crippen LogP contribution in [0.4, 0.5) is 0 Å². The molecule has 31 heavy (non-hydrogen) atoms. The predicted octanol–water partition coefficient (Wildman–Crippen LogP) is 3.57. The molecule has 0 radical (unpaired) electrons. The molecule has 0 heterocycles. The zero-order chi connectivity index (χ0) is 23.0. The third kappa shape index (κ3) is 3.14. The third-order valence-corrected chi connectivity index (χ3v) is 9.27. The molecule has 0 saturated heterocycles. The van der Waals surface area contributed by atoms with Crippen LogP contribution < -0.4 is 0 Å². The van der Waals surface area contributed by atoms with Crippen LogP contribution in [0.15, 0.2) is 23.8 Å². The lowest BCUT2D eigenvalue weighted by atomic mass is 9.46. The Labute approximate surface area is 185 Å². The molecule has 3 fully saturated rings. The topological polar surface area (TPSA) is 91.7 Å². The Balaban J connectivity index is 1.66. The van der Waals surface area contributed by atoms with Gasteiger partial charge in [0.2, 0.25) is 0 Å². The van der Waals surface area contributed by atoms with Gasteiger partial charge in [-0.3, -0.25) is 14.4 Å². The molecule has 0 amide bonds. The molecule has 0 bridgehead atoms. The number of carbonyl (C=O) groups is 3. The van der Waals surface area contributed by atoms with E-state index in [9.17, 15) is 24.6 Å². The average Bonchev–Trinajstić information content (AvgIpc) is 2.93. The van der Waals surface area contributed by atoms with Gasteiger partial charge in [-0.1, -0.05) is 46.3 Å². The SMILES string of the molecule is CC(C)(C)C(=O)CC(=O)[C@@]1(O)CC[C@H]2[C@@H]3CCC4=CC(=O)C=C[C@]4(C)[C@H]3[C@@H](O)C[C@@]21C. The summed E-state index contributed by atoms with van der Waals surface area (Å²) in [6.45, 7) is 9.42. The van der Waals surface area contributed by atoms with Gasteiger partial charge < -0.3 is 10.2 Å². The largest absolute Gasteiger partial charge is 0.393 e. The van der Waals surface area contributed by atoms with Crippen molar-refractivity contribution in [3.63, 3.8) is 0 Å². The van der Waals surface area contributed by atoms with E-state index in [1.165, 1.54) is 0 Å². The van der Waals surface area contributed by atoms with Crippen molar-refractivity contribution in [2.24, 2.45) is 34.0 Å². The molecular formula is C26H36O5. The Kier molecular flexibility index (Phi) is 5.07. The van der Waals surface area contributed by atoms with E-state index in [0.717, 1.165) is 18.4 Å². The van der Waals surface area contributed by atoms with Crippen LogP contribution >= 0.6 is 0 Å². The monoisotopic (exact) mass is 428 g/mol. The maximum atomic E-state index is 13.3. The second kappa shape index (κ2) is 6.95. The average molecular weight is 429 g/mol. The zero-order valence-electron chi connectivity index (χ0n) is 19.4. The van der Waals surface area contributed by atoms with Crippen LogP contribution in [0.5, 0.6) is 0 Å². The number of Topliss-reactive ketones (excluding diaryl/α,β-unsaturated/α-hetero) is 2. The maximum Gasteiger partial charge on any atom is 0.178 e. The van der Waals surface area contributed by atoms with Crippen molar-refractivity contribution in [2.75, 3.05) is 0 Å². The minimum Gasteiger partial charge on any atom is -0.393 e. The minimum absolute atomic E-state index is 0.00502. The summed E-state index contributed by atoms with van der Waals surface area (Å²) in [5.41, 5.74) is -2.25. The molecule has 0 aromatic carbocycles. The minimum atomic E-state index is -1.58. The van der Waals surface area contributed by atoms with E-state index >= 15 is 0 Å². The van der Waals surface area contributed by atoms with Gasteiger partial charge in [0.1, 0.15) is 11.4 Å². The highest BCUT2D eigenvalue weighted by Crippen LogP contribution is 2.67. The number of hydrogen-bond donors (Lipinski definition) is 2. The second-order valence-corrected chi connectivity index (χ2v) is 11.9. The molecule has 4 rings (SSSR count). The van der Waals surface area contributed by atoms with Gasteiger partial charge in [-0.15, -0.1) is 0 Å². The number of rotatable bonds is 3. The Bertz CT molecular complexity index is 892. The lowest BCUT2D eigenvalue weighted by molar-refractivity contribution is -0.177. The summed E-state index contributed by atoms with van der Waals surface area (Å²) in [5.74, 6) is -0.329. The number of aliphatic hydroxyl groups is 2. The van der Waals surface area contributed by atoms with Gasteiger partial charge in [-0.05, 0) is 56.1 Å². The Hall–Kier alpha value is -1.59. The van der Waals surface area contributed by atoms with Crippen LogP contribution in [0, 0.1) is 34.0 Å². The first-order chi connectivity index (χ1) is 14.2. The van der Waals surface area contributed by atoms with Gasteiger partial charge in [0.15, 0.2) is 11.6 Å². The standard InChI is InChI=1S/C26H36O5/c1-23(2,3)20(29)13-21(30)26(31)11-9-18-17-7-6-15-12-16(27)8-10-24(15,4)22(17)19(28)14-25(18,26)5/h8,10,12,17-19,22,28,31H,6-7,9,11,13-14H2,1-5H3/t17-,18-,19-,22+,24-,25-,26-/m0/s1. The number of ketones is 3. The van der Waals surface area contributed by atoms with Crippen molar-refractivity contribution < 1.29 is 24.6 Å². The van der Waals surface area contributed by atoms with E-state index < -0.39 is 28.3 Å². The number of carbonyl (C=O) groups excluding carboxylic acids is 3. The molecule has 7 atom stereocenters. The molecule has 0 spiro atoms. The first kappa shape index (κ1) is 22.6. The Morgan fingerprint density at radius 2 is 1.87 bits per heavy atom. The lowest BCUT2D eigenvalue weighted by Crippen LogP contribution is -2.61. The van der Waals surface area contributed by atoms with Crippen LogP contribution in [-0.2, 0) is 14.4 Å². The zero-order valence-corrected chi connectivity index (χ0v) is 19.4. The first-order valence-corrected chi connectivity index (χ1v) is 11.7. The molecule has 0 aliphatic heterocycles. The molecule has 0 aromatic rings. The molecule has 2 N–H and O–H groups in total. The highest BCUT2D eigenvalue weighted by molar-refractivity contribution is 6.05. The summed E-state index contributed by atoms with van der Waals surface area (Å²) in [4.78, 5) is 37.7. The first-order valence-electron chi connectivity index (χ1n) is 11.7. The van der Waals surface area contributed by atoms with E-state index in [0.29, 0.717) is 19.3 Å². The van der Waals surface area contributed by atoms with Crippen molar-refractivity contribution in [1.82, 2.24) is 0 Å². The van der Waals surface area contributed by atoms with Gasteiger partial charge in [-0.25, -0.2) is 0 Å². The molecule has 170 valence electrons. The van der Waals surface area contributed by atoms with Gasteiger partial charge in [-0.2, -0.15) is 0 Å². The number of allylic oxidation sites excluding steroid dienone is 4. The van der Waals surface area contributed by atoms with Crippen LogP contribution in [-0.4, -0.2) is 39.3 Å². The summed E-state index contributed by atoms with van der Waals surface area (Å²) in [6.07, 6.45) is 7.37. The smallest absolute Gasteiger partial charge is 0.178 e. The molecule has 4 aliphatic carbocycles. The quantitative estimate of drug-likeness (QED) is 0.671. The van der Waals surface area contributed by atoms with Crippen molar-refractivity contribution in [1.29, 1.82) is 0 Å². The molecule has 4 aliphatic rings. The summed E-state index contributed by atoms with van der Waals surface area (Å²) in [5, 5.41) is 23.1. The summed E-state index contributed by atoms with van der Waals surface area (Å²) < 4.78 is 0. The normalized spacial score (nSPS) is 44.2. The highest BCUT2D eigenvalue weighted by Gasteiger charge is 2.68. The summed E-state index contributed by atoms with van der Waals surface area (Å²) in [6, 6.07) is 0. The van der Waals surface area contributed by atoms with E-state index in [1.807, 2.05) is 13.0 Å². The molecule has 3 saturated carbocycles. The number of hydrogen-bond acceptors (Lipinski definition) is 5. The summed E-state index contributed by atoms with van der Waals surface area (Å²) in [7, 11) is 0. The Morgan fingerprint density at radius 3 is 2.52 bits per heavy atom. The van der Waals surface area contributed by atoms with Crippen molar-refractivity contribution in [3.05, 3.63) is 23.8 Å². The molecule has 0 unspecified atom stereocenters. The predicted molar refractivity (Wildman–Crippen MR) is 117 cm³/mol. The fourth-order valence-electron chi connectivity index (χ4n) is 7.35. The van der Waals surface area contributed by atoms with E-state index in [4.69, 9.17) is 0 Å². The number of fused-ring (bicyclic) bond motifs is 5. The van der Waals surface area contributed by atoms with Crippen LogP contribution in [0.1, 0.15) is 73.1 Å². The van der Waals surface area contributed by atoms with Gasteiger partial charge in [0.05, 0.1) is 12.5 Å². The van der Waals surface area contributed by atoms with Crippen LogP contribution in [0.25, 0.3) is 0 Å². The third-order valence-electron chi connectivity index (χ3n) is 9.27. The van der Waals surface area contributed by atoms with E-state index in [2.05, 4.69) is 6.92 Å². The molecular weight excluding hydrogens is 392 g/mol. The number of aliphatic hydroxyl groups excluding tert-OH is 1. The van der Waals surface area contributed by atoms with Gasteiger partial charge in [0, 0.05) is 22.2 Å².